The van der Waals surface area contributed by atoms with E-state index in [0.717, 1.165) is 12.1 Å². The van der Waals surface area contributed by atoms with Gasteiger partial charge in [-0.05, 0) is 70.2 Å². The second-order valence-electron chi connectivity index (χ2n) is 8.63. The Morgan fingerprint density at radius 3 is 2.48 bits per heavy atom. The minimum absolute atomic E-state index is 0.0522. The smallest absolute Gasteiger partial charge is 0.295 e. The van der Waals surface area contributed by atoms with Crippen molar-refractivity contribution in [3.8, 4) is 0 Å². The number of aliphatic hydroxyl groups excluding tert-OH is 1. The summed E-state index contributed by atoms with van der Waals surface area (Å²) in [5, 5.41) is 11.9. The third-order valence-corrected chi connectivity index (χ3v) is 6.29. The summed E-state index contributed by atoms with van der Waals surface area (Å²) in [6.45, 7) is 4.92. The SMILES string of the molecule is Cc1cccn2c(C)c(/C(O)=C3\C(=O)C(=O)N(CCCN(C)C)C3c3ccc(Cl)cc3)nc12. The summed E-state index contributed by atoms with van der Waals surface area (Å²) in [6, 6.07) is 10.1. The van der Waals surface area contributed by atoms with E-state index in [9.17, 15) is 14.7 Å². The normalized spacial score (nSPS) is 18.1. The fourth-order valence-electron chi connectivity index (χ4n) is 4.33. The van der Waals surface area contributed by atoms with E-state index < -0.39 is 17.7 Å². The van der Waals surface area contributed by atoms with Crippen molar-refractivity contribution in [1.82, 2.24) is 19.2 Å². The van der Waals surface area contributed by atoms with E-state index in [-0.39, 0.29) is 11.3 Å². The van der Waals surface area contributed by atoms with Crippen LogP contribution in [0.15, 0.2) is 48.2 Å². The molecule has 1 saturated heterocycles. The van der Waals surface area contributed by atoms with Crippen molar-refractivity contribution in [2.45, 2.75) is 26.3 Å². The Kier molecular flexibility index (Phi) is 6.28. The van der Waals surface area contributed by atoms with Gasteiger partial charge in [0.05, 0.1) is 17.3 Å². The molecule has 0 radical (unpaired) electrons. The highest BCUT2D eigenvalue weighted by Crippen LogP contribution is 2.40. The molecule has 1 aliphatic heterocycles. The fourth-order valence-corrected chi connectivity index (χ4v) is 4.46. The van der Waals surface area contributed by atoms with Crippen LogP contribution in [0.1, 0.15) is 35.0 Å². The van der Waals surface area contributed by atoms with Crippen LogP contribution in [0.2, 0.25) is 5.02 Å². The third-order valence-electron chi connectivity index (χ3n) is 6.04. The van der Waals surface area contributed by atoms with Gasteiger partial charge in [0.1, 0.15) is 11.3 Å². The number of halogens is 1. The fraction of sp³-hybridized carbons (Fsp3) is 0.320. The van der Waals surface area contributed by atoms with Gasteiger partial charge in [-0.1, -0.05) is 29.8 Å². The van der Waals surface area contributed by atoms with Crippen LogP contribution in [0.25, 0.3) is 11.4 Å². The summed E-state index contributed by atoms with van der Waals surface area (Å²) in [5.74, 6) is -1.58. The molecule has 3 heterocycles. The van der Waals surface area contributed by atoms with Crippen LogP contribution in [-0.2, 0) is 9.59 Å². The summed E-state index contributed by atoms with van der Waals surface area (Å²) in [6.07, 6.45) is 2.55. The summed E-state index contributed by atoms with van der Waals surface area (Å²) >= 11 is 6.08. The van der Waals surface area contributed by atoms with Gasteiger partial charge in [-0.15, -0.1) is 0 Å². The quantitative estimate of drug-likeness (QED) is 0.338. The van der Waals surface area contributed by atoms with Crippen molar-refractivity contribution in [1.29, 1.82) is 0 Å². The zero-order valence-corrected chi connectivity index (χ0v) is 19.9. The number of imidazole rings is 1. The number of nitrogens with zero attached hydrogens (tertiary/aromatic N) is 4. The maximum atomic E-state index is 13.2. The van der Waals surface area contributed by atoms with Crippen molar-refractivity contribution in [3.05, 3.63) is 75.7 Å². The summed E-state index contributed by atoms with van der Waals surface area (Å²) in [5.41, 5.74) is 3.39. The van der Waals surface area contributed by atoms with E-state index in [2.05, 4.69) is 4.98 Å². The number of hydrogen-bond donors (Lipinski definition) is 1. The van der Waals surface area contributed by atoms with Crippen LogP contribution < -0.4 is 0 Å². The van der Waals surface area contributed by atoms with Crippen molar-refractivity contribution in [2.24, 2.45) is 0 Å². The molecule has 0 aliphatic carbocycles. The van der Waals surface area contributed by atoms with Gasteiger partial charge >= 0.3 is 0 Å². The van der Waals surface area contributed by atoms with Gasteiger partial charge < -0.3 is 19.3 Å². The summed E-state index contributed by atoms with van der Waals surface area (Å²) in [7, 11) is 3.91. The monoisotopic (exact) mass is 466 g/mol. The van der Waals surface area contributed by atoms with Gasteiger partial charge in [-0.3, -0.25) is 9.59 Å². The van der Waals surface area contributed by atoms with E-state index in [1.54, 1.807) is 24.3 Å². The third kappa shape index (κ3) is 4.14. The van der Waals surface area contributed by atoms with Crippen LogP contribution in [-0.4, -0.2) is 63.2 Å². The largest absolute Gasteiger partial charge is 0.505 e. The number of amides is 1. The van der Waals surface area contributed by atoms with E-state index >= 15 is 0 Å². The van der Waals surface area contributed by atoms with Gasteiger partial charge in [0, 0.05) is 17.8 Å². The number of benzene rings is 1. The van der Waals surface area contributed by atoms with Crippen molar-refractivity contribution in [2.75, 3.05) is 27.2 Å². The van der Waals surface area contributed by atoms with Crippen LogP contribution >= 0.6 is 11.6 Å². The Bertz CT molecular complexity index is 1260. The standard InChI is InChI=1S/C25H27ClN4O3/c1-15-7-5-13-29-16(2)20(27-24(15)29)22(31)19-21(17-8-10-18(26)11-9-17)30(25(33)23(19)32)14-6-12-28(3)4/h5,7-11,13,21,31H,6,12,14H2,1-4H3/b22-19+. The van der Waals surface area contributed by atoms with Crippen LogP contribution in [0.4, 0.5) is 0 Å². The molecule has 1 aliphatic rings. The number of aliphatic hydroxyl groups is 1. The number of carbonyl (C=O) groups is 2. The molecule has 2 aromatic heterocycles. The molecule has 0 bridgehead atoms. The Balaban J connectivity index is 1.87. The average molecular weight is 467 g/mol. The highest BCUT2D eigenvalue weighted by Gasteiger charge is 2.46. The molecular formula is C25H27ClN4O3. The maximum Gasteiger partial charge on any atom is 0.295 e. The number of Topliss-reactive ketones (excluding diaryl/α,β-unsaturated/α-hetero) is 1. The first-order chi connectivity index (χ1) is 15.7. The lowest BCUT2D eigenvalue weighted by Gasteiger charge is -2.26. The Labute approximate surface area is 197 Å². The molecule has 8 heteroatoms. The van der Waals surface area contributed by atoms with E-state index in [0.29, 0.717) is 40.6 Å². The number of pyridine rings is 1. The molecule has 1 atom stereocenters. The molecule has 33 heavy (non-hydrogen) atoms. The van der Waals surface area contributed by atoms with Crippen molar-refractivity contribution < 1.29 is 14.7 Å². The lowest BCUT2D eigenvalue weighted by atomic mass is 9.96. The number of aryl methyl sites for hydroxylation is 2. The van der Waals surface area contributed by atoms with Crippen molar-refractivity contribution in [3.63, 3.8) is 0 Å². The number of carbonyl (C=O) groups excluding carboxylic acids is 2. The topological polar surface area (TPSA) is 78.2 Å². The minimum Gasteiger partial charge on any atom is -0.505 e. The van der Waals surface area contributed by atoms with Gasteiger partial charge in [0.15, 0.2) is 5.76 Å². The molecule has 1 amide bonds. The number of rotatable bonds is 6. The number of likely N-dealkylation sites (tertiary alicyclic amines) is 1. The predicted molar refractivity (Wildman–Crippen MR) is 128 cm³/mol. The highest BCUT2D eigenvalue weighted by atomic mass is 35.5. The second-order valence-corrected chi connectivity index (χ2v) is 9.07. The Morgan fingerprint density at radius 1 is 1.15 bits per heavy atom. The van der Waals surface area contributed by atoms with Crippen LogP contribution in [0, 0.1) is 13.8 Å². The molecule has 1 fully saturated rings. The van der Waals surface area contributed by atoms with E-state index in [1.807, 2.05) is 55.6 Å². The summed E-state index contributed by atoms with van der Waals surface area (Å²) < 4.78 is 1.87. The predicted octanol–water partition coefficient (Wildman–Crippen LogP) is 3.98. The molecule has 3 aromatic rings. The first-order valence-corrected chi connectivity index (χ1v) is 11.2. The number of ketones is 1. The first-order valence-electron chi connectivity index (χ1n) is 10.8. The molecular weight excluding hydrogens is 440 g/mol. The van der Waals surface area contributed by atoms with Crippen molar-refractivity contribution >= 4 is 34.7 Å². The molecule has 172 valence electrons. The lowest BCUT2D eigenvalue weighted by molar-refractivity contribution is -0.139. The van der Waals surface area contributed by atoms with Gasteiger partial charge in [-0.2, -0.15) is 0 Å². The zero-order chi connectivity index (χ0) is 23.9. The molecule has 1 N–H and O–H groups in total. The molecule has 0 spiro atoms. The van der Waals surface area contributed by atoms with Crippen LogP contribution in [0.5, 0.6) is 0 Å². The molecule has 0 saturated carbocycles. The van der Waals surface area contributed by atoms with E-state index in [1.165, 1.54) is 4.90 Å². The Morgan fingerprint density at radius 2 is 1.85 bits per heavy atom. The minimum atomic E-state index is -0.713. The van der Waals surface area contributed by atoms with Gasteiger partial charge in [-0.25, -0.2) is 4.98 Å². The van der Waals surface area contributed by atoms with Gasteiger partial charge in [0.2, 0.25) is 0 Å². The van der Waals surface area contributed by atoms with Gasteiger partial charge in [0.25, 0.3) is 11.7 Å². The maximum absolute atomic E-state index is 13.2. The first kappa shape index (κ1) is 23.0. The average Bonchev–Trinajstić information content (AvgIpc) is 3.24. The lowest BCUT2D eigenvalue weighted by Crippen LogP contribution is -2.32. The number of fused-ring (bicyclic) bond motifs is 1. The zero-order valence-electron chi connectivity index (χ0n) is 19.2. The number of aromatic nitrogens is 2. The molecule has 4 rings (SSSR count). The second kappa shape index (κ2) is 9.00. The van der Waals surface area contributed by atoms with Crippen LogP contribution in [0.3, 0.4) is 0 Å². The summed E-state index contributed by atoms with van der Waals surface area (Å²) in [4.78, 5) is 34.4. The molecule has 1 aromatic carbocycles. The molecule has 7 nitrogen and oxygen atoms in total. The number of hydrogen-bond acceptors (Lipinski definition) is 5. The van der Waals surface area contributed by atoms with E-state index in [4.69, 9.17) is 11.6 Å². The molecule has 1 unspecified atom stereocenters. The Hall–Kier alpha value is -3.16. The highest BCUT2D eigenvalue weighted by molar-refractivity contribution is 6.46.